The molecule has 4 nitrogen and oxygen atoms in total. The van der Waals surface area contributed by atoms with Crippen LogP contribution in [0, 0.1) is 12.3 Å². The molecule has 0 fully saturated rings. The minimum atomic E-state index is 0.625. The van der Waals surface area contributed by atoms with Gasteiger partial charge in [-0.15, -0.1) is 18.2 Å². The second-order valence-electron chi connectivity index (χ2n) is 6.40. The summed E-state index contributed by atoms with van der Waals surface area (Å²) in [7, 11) is 0. The van der Waals surface area contributed by atoms with E-state index in [9.17, 15) is 0 Å². The van der Waals surface area contributed by atoms with E-state index in [1.807, 2.05) is 54.6 Å². The first kappa shape index (κ1) is 20.3. The molecule has 0 saturated carbocycles. The number of rotatable bonds is 7. The zero-order chi connectivity index (χ0) is 20.8. The van der Waals surface area contributed by atoms with E-state index in [2.05, 4.69) is 49.3 Å². The standard InChI is InChI=1S/C24H18BrN3OS/c1-2-17-4-3-5-19(14-17)28-24-22-15-21(10-11-23(22)26-16-27-24)30-13-12-29-20-8-6-18(25)7-9-20/h1,3-11,14-16H,12-13H2,(H,26,27,28). The van der Waals surface area contributed by atoms with Gasteiger partial charge < -0.3 is 10.1 Å². The van der Waals surface area contributed by atoms with Gasteiger partial charge in [0.1, 0.15) is 17.9 Å². The van der Waals surface area contributed by atoms with Crippen molar-refractivity contribution in [3.63, 3.8) is 0 Å². The third kappa shape index (κ3) is 5.12. The normalized spacial score (nSPS) is 10.5. The van der Waals surface area contributed by atoms with E-state index >= 15 is 0 Å². The van der Waals surface area contributed by atoms with Crippen molar-refractivity contribution in [1.82, 2.24) is 9.97 Å². The Balaban J connectivity index is 1.45. The number of benzene rings is 3. The first-order chi connectivity index (χ1) is 14.7. The lowest BCUT2D eigenvalue weighted by molar-refractivity contribution is 0.344. The molecule has 4 aromatic rings. The summed E-state index contributed by atoms with van der Waals surface area (Å²) >= 11 is 5.16. The molecule has 3 aromatic carbocycles. The van der Waals surface area contributed by atoms with Crippen LogP contribution in [0.4, 0.5) is 11.5 Å². The summed E-state index contributed by atoms with van der Waals surface area (Å²) in [5, 5.41) is 4.32. The molecular weight excluding hydrogens is 458 g/mol. The average molecular weight is 476 g/mol. The van der Waals surface area contributed by atoms with Crippen molar-refractivity contribution in [2.75, 3.05) is 17.7 Å². The molecule has 4 rings (SSSR count). The predicted octanol–water partition coefficient (Wildman–Crippen LogP) is 6.29. The van der Waals surface area contributed by atoms with Gasteiger partial charge in [-0.3, -0.25) is 0 Å². The highest BCUT2D eigenvalue weighted by molar-refractivity contribution is 9.10. The average Bonchev–Trinajstić information content (AvgIpc) is 2.78. The largest absolute Gasteiger partial charge is 0.493 e. The minimum absolute atomic E-state index is 0.625. The van der Waals surface area contributed by atoms with Crippen molar-refractivity contribution in [2.24, 2.45) is 0 Å². The molecule has 0 amide bonds. The van der Waals surface area contributed by atoms with Crippen molar-refractivity contribution in [3.05, 3.63) is 83.1 Å². The van der Waals surface area contributed by atoms with Crippen LogP contribution in [-0.2, 0) is 0 Å². The fraction of sp³-hybridized carbons (Fsp3) is 0.0833. The Morgan fingerprint density at radius 2 is 1.90 bits per heavy atom. The highest BCUT2D eigenvalue weighted by Crippen LogP contribution is 2.28. The number of nitrogens with one attached hydrogen (secondary N) is 1. The van der Waals surface area contributed by atoms with Gasteiger partial charge in [-0.1, -0.05) is 27.9 Å². The van der Waals surface area contributed by atoms with Gasteiger partial charge in [-0.05, 0) is 60.7 Å². The number of anilines is 2. The van der Waals surface area contributed by atoms with E-state index < -0.39 is 0 Å². The maximum absolute atomic E-state index is 5.80. The Labute approximate surface area is 188 Å². The molecule has 0 saturated heterocycles. The molecule has 1 aromatic heterocycles. The summed E-state index contributed by atoms with van der Waals surface area (Å²) in [4.78, 5) is 9.95. The molecule has 0 aliphatic heterocycles. The summed E-state index contributed by atoms with van der Waals surface area (Å²) < 4.78 is 6.84. The lowest BCUT2D eigenvalue weighted by Crippen LogP contribution is -2.00. The van der Waals surface area contributed by atoms with Gasteiger partial charge in [0.15, 0.2) is 0 Å². The van der Waals surface area contributed by atoms with Crippen molar-refractivity contribution < 1.29 is 4.74 Å². The Kier molecular flexibility index (Phi) is 6.53. The van der Waals surface area contributed by atoms with Gasteiger partial charge in [0.25, 0.3) is 0 Å². The zero-order valence-electron chi connectivity index (χ0n) is 16.0. The molecule has 0 aliphatic carbocycles. The van der Waals surface area contributed by atoms with Gasteiger partial charge in [0.05, 0.1) is 12.1 Å². The van der Waals surface area contributed by atoms with E-state index in [-0.39, 0.29) is 0 Å². The molecular formula is C24H18BrN3OS. The first-order valence-electron chi connectivity index (χ1n) is 9.31. The predicted molar refractivity (Wildman–Crippen MR) is 128 cm³/mol. The van der Waals surface area contributed by atoms with Crippen LogP contribution in [0.1, 0.15) is 5.56 Å². The number of hydrogen-bond donors (Lipinski definition) is 1. The summed E-state index contributed by atoms with van der Waals surface area (Å²) in [6.07, 6.45) is 7.07. The molecule has 0 radical (unpaired) electrons. The summed E-state index contributed by atoms with van der Waals surface area (Å²) in [6.45, 7) is 0.625. The highest BCUT2D eigenvalue weighted by atomic mass is 79.9. The van der Waals surface area contributed by atoms with E-state index in [1.54, 1.807) is 18.1 Å². The van der Waals surface area contributed by atoms with Crippen LogP contribution >= 0.6 is 27.7 Å². The minimum Gasteiger partial charge on any atom is -0.493 e. The maximum atomic E-state index is 5.80. The number of fused-ring (bicyclic) bond motifs is 1. The van der Waals surface area contributed by atoms with E-state index in [4.69, 9.17) is 11.2 Å². The third-order valence-electron chi connectivity index (χ3n) is 4.33. The molecule has 0 atom stereocenters. The molecule has 0 aliphatic rings. The second kappa shape index (κ2) is 9.66. The van der Waals surface area contributed by atoms with Crippen molar-refractivity contribution >= 4 is 50.1 Å². The number of nitrogens with zero attached hydrogens (tertiary/aromatic N) is 2. The lowest BCUT2D eigenvalue weighted by atomic mass is 10.2. The summed E-state index contributed by atoms with van der Waals surface area (Å²) in [6, 6.07) is 21.7. The van der Waals surface area contributed by atoms with Crippen LogP contribution in [0.25, 0.3) is 10.9 Å². The van der Waals surface area contributed by atoms with Crippen LogP contribution in [-0.4, -0.2) is 22.3 Å². The quantitative estimate of drug-likeness (QED) is 0.193. The number of hydrogen-bond acceptors (Lipinski definition) is 5. The third-order valence-corrected chi connectivity index (χ3v) is 5.82. The Bertz CT molecular complexity index is 1210. The highest BCUT2D eigenvalue weighted by Gasteiger charge is 2.07. The van der Waals surface area contributed by atoms with Crippen molar-refractivity contribution in [1.29, 1.82) is 0 Å². The number of terminal acetylenes is 1. The molecule has 6 heteroatoms. The second-order valence-corrected chi connectivity index (χ2v) is 8.49. The Hall–Kier alpha value is -3.01. The van der Waals surface area contributed by atoms with E-state index in [0.29, 0.717) is 6.61 Å². The number of halogens is 1. The molecule has 0 bridgehead atoms. The molecule has 148 valence electrons. The molecule has 0 unspecified atom stereocenters. The van der Waals surface area contributed by atoms with Crippen LogP contribution < -0.4 is 10.1 Å². The monoisotopic (exact) mass is 475 g/mol. The molecule has 1 N–H and O–H groups in total. The number of ether oxygens (including phenoxy) is 1. The van der Waals surface area contributed by atoms with E-state index in [1.165, 1.54) is 0 Å². The van der Waals surface area contributed by atoms with Gasteiger partial charge in [0, 0.05) is 31.8 Å². The van der Waals surface area contributed by atoms with Crippen LogP contribution in [0.5, 0.6) is 5.75 Å². The van der Waals surface area contributed by atoms with Gasteiger partial charge in [-0.2, -0.15) is 0 Å². The molecule has 1 heterocycles. The van der Waals surface area contributed by atoms with Crippen LogP contribution in [0.2, 0.25) is 0 Å². The Morgan fingerprint density at radius 1 is 1.03 bits per heavy atom. The van der Waals surface area contributed by atoms with Gasteiger partial charge in [-0.25, -0.2) is 9.97 Å². The van der Waals surface area contributed by atoms with Crippen molar-refractivity contribution in [3.8, 4) is 18.1 Å². The van der Waals surface area contributed by atoms with E-state index in [0.717, 1.165) is 48.8 Å². The summed E-state index contributed by atoms with van der Waals surface area (Å²) in [5.74, 6) is 5.11. The fourth-order valence-corrected chi connectivity index (χ4v) is 3.93. The maximum Gasteiger partial charge on any atom is 0.141 e. The van der Waals surface area contributed by atoms with Crippen LogP contribution in [0.3, 0.4) is 0 Å². The van der Waals surface area contributed by atoms with Gasteiger partial charge in [0.2, 0.25) is 0 Å². The summed E-state index contributed by atoms with van der Waals surface area (Å²) in [5.41, 5.74) is 2.60. The first-order valence-corrected chi connectivity index (χ1v) is 11.1. The Morgan fingerprint density at radius 3 is 2.73 bits per heavy atom. The number of thioether (sulfide) groups is 1. The zero-order valence-corrected chi connectivity index (χ0v) is 18.4. The molecule has 0 spiro atoms. The topological polar surface area (TPSA) is 47.0 Å². The fourth-order valence-electron chi connectivity index (χ4n) is 2.90. The smallest absolute Gasteiger partial charge is 0.141 e. The number of aromatic nitrogens is 2. The lowest BCUT2D eigenvalue weighted by Gasteiger charge is -2.10. The molecule has 30 heavy (non-hydrogen) atoms. The SMILES string of the molecule is C#Cc1cccc(Nc2ncnc3ccc(SCCOc4ccc(Br)cc4)cc23)c1. The van der Waals surface area contributed by atoms with Crippen LogP contribution in [0.15, 0.2) is 82.4 Å². The van der Waals surface area contributed by atoms with Gasteiger partial charge >= 0.3 is 0 Å². The van der Waals surface area contributed by atoms with Crippen molar-refractivity contribution in [2.45, 2.75) is 4.90 Å².